The van der Waals surface area contributed by atoms with Crippen LogP contribution < -0.4 is 15.5 Å². The minimum atomic E-state index is -0.0730. The number of halogens is 1. The number of carbonyl (C=O) groups excluding carboxylic acids is 2. The quantitative estimate of drug-likeness (QED) is 0.640. The van der Waals surface area contributed by atoms with Gasteiger partial charge in [-0.3, -0.25) is 9.59 Å². The van der Waals surface area contributed by atoms with Gasteiger partial charge in [0.05, 0.1) is 27.2 Å². The van der Waals surface area contributed by atoms with Gasteiger partial charge in [0.1, 0.15) is 0 Å². The van der Waals surface area contributed by atoms with E-state index in [0.29, 0.717) is 19.4 Å². The summed E-state index contributed by atoms with van der Waals surface area (Å²) in [5.41, 5.74) is 0.755. The highest BCUT2D eigenvalue weighted by molar-refractivity contribution is 9.10. The molecule has 122 valence electrons. The van der Waals surface area contributed by atoms with Gasteiger partial charge in [0.15, 0.2) is 0 Å². The predicted molar refractivity (Wildman–Crippen MR) is 91.9 cm³/mol. The number of rotatable bonds is 8. The van der Waals surface area contributed by atoms with Crippen LogP contribution in [0.3, 0.4) is 0 Å². The lowest BCUT2D eigenvalue weighted by atomic mass is 10.0. The first-order valence-corrected chi connectivity index (χ1v) is 8.27. The summed E-state index contributed by atoms with van der Waals surface area (Å²) in [6, 6.07) is 7.45. The first-order valence-electron chi connectivity index (χ1n) is 7.48. The van der Waals surface area contributed by atoms with Crippen molar-refractivity contribution in [2.75, 3.05) is 32.5 Å². The zero-order chi connectivity index (χ0) is 16.5. The van der Waals surface area contributed by atoms with E-state index < -0.39 is 0 Å². The Morgan fingerprint density at radius 3 is 2.55 bits per heavy atom. The number of hydrogen-bond donors (Lipinski definition) is 3. The molecule has 2 amide bonds. The topological polar surface area (TPSA) is 62.6 Å². The molecule has 0 radical (unpaired) electrons. The Morgan fingerprint density at radius 1 is 1.23 bits per heavy atom. The van der Waals surface area contributed by atoms with Crippen molar-refractivity contribution in [2.45, 2.75) is 19.8 Å². The van der Waals surface area contributed by atoms with E-state index in [1.54, 1.807) is 0 Å². The summed E-state index contributed by atoms with van der Waals surface area (Å²) >= 11 is 3.36. The molecule has 1 atom stereocenters. The Balaban J connectivity index is 2.30. The summed E-state index contributed by atoms with van der Waals surface area (Å²) < 4.78 is 0.917. The van der Waals surface area contributed by atoms with Gasteiger partial charge in [0, 0.05) is 23.0 Å². The maximum Gasteiger partial charge on any atom is 0.224 e. The fourth-order valence-corrected chi connectivity index (χ4v) is 2.41. The lowest BCUT2D eigenvalue weighted by molar-refractivity contribution is -0.856. The molecule has 1 rings (SSSR count). The van der Waals surface area contributed by atoms with Crippen molar-refractivity contribution >= 4 is 33.4 Å². The average molecular weight is 371 g/mol. The number of hydrogen-bond acceptors (Lipinski definition) is 2. The lowest BCUT2D eigenvalue weighted by Gasteiger charge is -2.13. The van der Waals surface area contributed by atoms with Gasteiger partial charge in [-0.05, 0) is 24.1 Å². The number of quaternary nitrogens is 1. The first kappa shape index (κ1) is 18.6. The van der Waals surface area contributed by atoms with E-state index in [2.05, 4.69) is 26.6 Å². The van der Waals surface area contributed by atoms with Crippen molar-refractivity contribution in [3.8, 4) is 0 Å². The van der Waals surface area contributed by atoms with Crippen LogP contribution in [0, 0.1) is 5.92 Å². The second kappa shape index (κ2) is 9.58. The Kier molecular flexibility index (Phi) is 8.12. The van der Waals surface area contributed by atoms with E-state index in [4.69, 9.17) is 0 Å². The summed E-state index contributed by atoms with van der Waals surface area (Å²) in [5, 5.41) is 5.72. The van der Waals surface area contributed by atoms with Crippen molar-refractivity contribution in [2.24, 2.45) is 5.92 Å². The fraction of sp³-hybridized carbons (Fsp3) is 0.500. The largest absolute Gasteiger partial charge is 0.350 e. The SMILES string of the molecule is C[C@H](CC(=O)NCC[NH+](C)C)CC(=O)Nc1cccc(Br)c1. The maximum absolute atomic E-state index is 12.0. The van der Waals surface area contributed by atoms with Crippen LogP contribution in [0.2, 0.25) is 0 Å². The molecule has 0 aliphatic carbocycles. The monoisotopic (exact) mass is 370 g/mol. The van der Waals surface area contributed by atoms with Gasteiger partial charge in [-0.2, -0.15) is 0 Å². The molecule has 0 heterocycles. The third-order valence-corrected chi connectivity index (χ3v) is 3.62. The molecule has 1 aromatic carbocycles. The van der Waals surface area contributed by atoms with Crippen molar-refractivity contribution in [3.05, 3.63) is 28.7 Å². The molecule has 1 aromatic rings. The van der Waals surface area contributed by atoms with Crippen LogP contribution >= 0.6 is 15.9 Å². The van der Waals surface area contributed by atoms with Crippen LogP contribution in [-0.2, 0) is 9.59 Å². The van der Waals surface area contributed by atoms with Crippen LogP contribution in [0.25, 0.3) is 0 Å². The molecule has 5 nitrogen and oxygen atoms in total. The molecule has 0 spiro atoms. The molecule has 0 aliphatic heterocycles. The van der Waals surface area contributed by atoms with Crippen LogP contribution in [0.5, 0.6) is 0 Å². The van der Waals surface area contributed by atoms with Gasteiger partial charge in [-0.15, -0.1) is 0 Å². The summed E-state index contributed by atoms with van der Waals surface area (Å²) in [6.07, 6.45) is 0.702. The molecule has 3 N–H and O–H groups in total. The van der Waals surface area contributed by atoms with Gasteiger partial charge < -0.3 is 15.5 Å². The van der Waals surface area contributed by atoms with E-state index in [1.165, 1.54) is 4.90 Å². The third-order valence-electron chi connectivity index (χ3n) is 3.12. The Hall–Kier alpha value is -1.40. The predicted octanol–water partition coefficient (Wildman–Crippen LogP) is 1.06. The van der Waals surface area contributed by atoms with Gasteiger partial charge >= 0.3 is 0 Å². The number of amides is 2. The van der Waals surface area contributed by atoms with Crippen LogP contribution in [0.1, 0.15) is 19.8 Å². The minimum absolute atomic E-state index is 0.00371. The van der Waals surface area contributed by atoms with Gasteiger partial charge in [-0.25, -0.2) is 0 Å². The smallest absolute Gasteiger partial charge is 0.224 e. The van der Waals surface area contributed by atoms with Crippen molar-refractivity contribution in [3.63, 3.8) is 0 Å². The zero-order valence-corrected chi connectivity index (χ0v) is 15.0. The standard InChI is InChI=1S/C16H24BrN3O2/c1-12(9-15(21)18-7-8-20(2)3)10-16(22)19-14-6-4-5-13(17)11-14/h4-6,11-12H,7-10H2,1-3H3,(H,18,21)(H,19,22)/p+1/t12-/m1/s1. The Bertz CT molecular complexity index is 506. The highest BCUT2D eigenvalue weighted by Crippen LogP contribution is 2.16. The molecule has 22 heavy (non-hydrogen) atoms. The maximum atomic E-state index is 12.0. The number of anilines is 1. The Labute approximate surface area is 140 Å². The van der Waals surface area contributed by atoms with E-state index >= 15 is 0 Å². The van der Waals surface area contributed by atoms with Crippen LogP contribution in [0.15, 0.2) is 28.7 Å². The highest BCUT2D eigenvalue weighted by atomic mass is 79.9. The fourth-order valence-electron chi connectivity index (χ4n) is 2.01. The number of benzene rings is 1. The molecular weight excluding hydrogens is 346 g/mol. The van der Waals surface area contributed by atoms with E-state index in [9.17, 15) is 9.59 Å². The van der Waals surface area contributed by atoms with Crippen LogP contribution in [0.4, 0.5) is 5.69 Å². The first-order chi connectivity index (χ1) is 10.4. The third kappa shape index (κ3) is 8.14. The normalized spacial score (nSPS) is 12.0. The van der Waals surface area contributed by atoms with Crippen molar-refractivity contribution < 1.29 is 14.5 Å². The molecule has 0 aromatic heterocycles. The molecule has 0 saturated carbocycles. The highest BCUT2D eigenvalue weighted by Gasteiger charge is 2.13. The number of nitrogens with one attached hydrogen (secondary N) is 3. The summed E-state index contributed by atoms with van der Waals surface area (Å²) in [5.74, 6) is -0.0565. The molecule has 0 aliphatic rings. The second-order valence-corrected chi connectivity index (χ2v) is 6.79. The van der Waals surface area contributed by atoms with Crippen LogP contribution in [-0.4, -0.2) is 39.0 Å². The van der Waals surface area contributed by atoms with Gasteiger partial charge in [-0.1, -0.05) is 28.9 Å². The van der Waals surface area contributed by atoms with Gasteiger partial charge in [0.25, 0.3) is 0 Å². The molecule has 0 unspecified atom stereocenters. The van der Waals surface area contributed by atoms with E-state index in [1.807, 2.05) is 45.3 Å². The second-order valence-electron chi connectivity index (χ2n) is 5.88. The average Bonchev–Trinajstić information content (AvgIpc) is 2.37. The number of likely N-dealkylation sites (N-methyl/N-ethyl adjacent to an activating group) is 1. The molecule has 6 heteroatoms. The minimum Gasteiger partial charge on any atom is -0.350 e. The molecule has 0 saturated heterocycles. The van der Waals surface area contributed by atoms with Crippen molar-refractivity contribution in [1.29, 1.82) is 0 Å². The lowest BCUT2D eigenvalue weighted by Crippen LogP contribution is -3.06. The van der Waals surface area contributed by atoms with E-state index in [0.717, 1.165) is 16.7 Å². The number of carbonyl (C=O) groups is 2. The molecular formula is C16H25BrN3O2+. The van der Waals surface area contributed by atoms with Gasteiger partial charge in [0.2, 0.25) is 11.8 Å². The summed E-state index contributed by atoms with van der Waals surface area (Å²) in [4.78, 5) is 25.0. The molecule has 0 fully saturated rings. The summed E-state index contributed by atoms with van der Waals surface area (Å²) in [7, 11) is 4.09. The Morgan fingerprint density at radius 2 is 1.91 bits per heavy atom. The zero-order valence-electron chi connectivity index (χ0n) is 13.4. The molecule has 0 bridgehead atoms. The summed E-state index contributed by atoms with van der Waals surface area (Å²) in [6.45, 7) is 3.47. The van der Waals surface area contributed by atoms with Crippen molar-refractivity contribution in [1.82, 2.24) is 5.32 Å². The van der Waals surface area contributed by atoms with E-state index in [-0.39, 0.29) is 17.7 Å².